The van der Waals surface area contributed by atoms with E-state index in [-0.39, 0.29) is 48.0 Å². The number of nitro groups is 2. The first-order chi connectivity index (χ1) is 14.0. The summed E-state index contributed by atoms with van der Waals surface area (Å²) in [5.74, 6) is -0.904. The van der Waals surface area contributed by atoms with E-state index in [9.17, 15) is 29.8 Å². The van der Waals surface area contributed by atoms with Gasteiger partial charge in [-0.1, -0.05) is 38.1 Å². The normalized spacial score (nSPS) is 17.9. The Morgan fingerprint density at radius 2 is 1.10 bits per heavy atom. The lowest BCUT2D eigenvalue weighted by molar-refractivity contribution is -0.567. The van der Waals surface area contributed by atoms with Gasteiger partial charge in [-0.3, -0.25) is 29.8 Å². The molecule has 2 atom stereocenters. The summed E-state index contributed by atoms with van der Waals surface area (Å²) >= 11 is 0. The van der Waals surface area contributed by atoms with Gasteiger partial charge in [-0.2, -0.15) is 0 Å². The van der Waals surface area contributed by atoms with Gasteiger partial charge in [0.15, 0.2) is 11.6 Å². The van der Waals surface area contributed by atoms with Crippen LogP contribution in [0.5, 0.6) is 0 Å². The molecule has 1 aliphatic carbocycles. The monoisotopic (exact) mass is 416 g/mol. The van der Waals surface area contributed by atoms with Gasteiger partial charge >= 0.3 is 0 Å². The van der Waals surface area contributed by atoms with E-state index in [0.29, 0.717) is 12.8 Å². The molecule has 30 heavy (non-hydrogen) atoms. The summed E-state index contributed by atoms with van der Waals surface area (Å²) in [5.41, 5.74) is -2.41. The number of hydrogen-bond acceptors (Lipinski definition) is 6. The highest BCUT2D eigenvalue weighted by atomic mass is 16.6. The van der Waals surface area contributed by atoms with E-state index in [2.05, 4.69) is 0 Å². The zero-order valence-electron chi connectivity index (χ0n) is 17.9. The molecule has 2 unspecified atom stereocenters. The molecule has 0 bridgehead atoms. The molecule has 0 amide bonds. The molecule has 0 saturated heterocycles. The highest BCUT2D eigenvalue weighted by Gasteiger charge is 2.46. The van der Waals surface area contributed by atoms with Crippen molar-refractivity contribution in [1.29, 1.82) is 0 Å². The molecule has 1 aromatic carbocycles. The second-order valence-corrected chi connectivity index (χ2v) is 8.52. The molecular weight excluding hydrogens is 388 g/mol. The number of Topliss-reactive ketones (excluding diaryl/α,β-unsaturated/α-hetero) is 2. The number of nitrogens with zero attached hydrogens (tertiary/aromatic N) is 2. The number of carbonyl (C=O) groups excluding carboxylic acids is 2. The standard InChI is InChI=1S/C22H28N2O6/c1-5-11-21(3,23(27)28)13-17-18(14-22(4,12-6-2)24(29)30)20(26)16-10-8-7-9-15(16)19(17)25/h7-10H,5-6,11-14H2,1-4H3. The van der Waals surface area contributed by atoms with Crippen molar-refractivity contribution in [3.63, 3.8) is 0 Å². The third-order valence-electron chi connectivity index (χ3n) is 5.90. The third kappa shape index (κ3) is 4.32. The van der Waals surface area contributed by atoms with Crippen LogP contribution in [0.1, 0.15) is 86.9 Å². The Balaban J connectivity index is 2.68. The van der Waals surface area contributed by atoms with Gasteiger partial charge in [0.2, 0.25) is 11.1 Å². The molecule has 0 heterocycles. The van der Waals surface area contributed by atoms with E-state index < -0.39 is 32.5 Å². The predicted octanol–water partition coefficient (Wildman–Crippen LogP) is 4.81. The van der Waals surface area contributed by atoms with Crippen LogP contribution in [0.25, 0.3) is 0 Å². The first kappa shape index (κ1) is 23.4. The summed E-state index contributed by atoms with van der Waals surface area (Å²) in [6.45, 7) is 6.53. The van der Waals surface area contributed by atoms with Crippen LogP contribution in [0.4, 0.5) is 0 Å². The minimum atomic E-state index is -1.44. The number of rotatable bonds is 10. The third-order valence-corrected chi connectivity index (χ3v) is 5.90. The van der Waals surface area contributed by atoms with Gasteiger partial charge in [-0.15, -0.1) is 0 Å². The first-order valence-electron chi connectivity index (χ1n) is 10.2. The molecule has 162 valence electrons. The molecule has 1 aliphatic rings. The number of benzene rings is 1. The van der Waals surface area contributed by atoms with E-state index in [0.717, 1.165) is 0 Å². The van der Waals surface area contributed by atoms with Crippen molar-refractivity contribution in [3.05, 3.63) is 66.8 Å². The Kier molecular flexibility index (Phi) is 6.90. The van der Waals surface area contributed by atoms with Crippen molar-refractivity contribution < 1.29 is 19.4 Å². The molecule has 1 aromatic rings. The van der Waals surface area contributed by atoms with Crippen LogP contribution in [0.15, 0.2) is 35.4 Å². The second kappa shape index (κ2) is 8.85. The Morgan fingerprint density at radius 3 is 1.37 bits per heavy atom. The fourth-order valence-corrected chi connectivity index (χ4v) is 4.18. The number of ketones is 2. The highest BCUT2D eigenvalue weighted by molar-refractivity contribution is 6.27. The van der Waals surface area contributed by atoms with Crippen LogP contribution in [-0.4, -0.2) is 32.5 Å². The predicted molar refractivity (Wildman–Crippen MR) is 112 cm³/mol. The van der Waals surface area contributed by atoms with Crippen molar-refractivity contribution >= 4 is 11.6 Å². The average molecular weight is 416 g/mol. The zero-order valence-corrected chi connectivity index (χ0v) is 17.9. The van der Waals surface area contributed by atoms with Crippen LogP contribution in [0.3, 0.4) is 0 Å². The Morgan fingerprint density at radius 1 is 0.767 bits per heavy atom. The topological polar surface area (TPSA) is 120 Å². The summed E-state index contributed by atoms with van der Waals surface area (Å²) in [6, 6.07) is 6.30. The van der Waals surface area contributed by atoms with Gasteiger partial charge in [-0.25, -0.2) is 0 Å². The quantitative estimate of drug-likeness (QED) is 0.398. The molecule has 0 aromatic heterocycles. The molecule has 0 spiro atoms. The summed E-state index contributed by atoms with van der Waals surface area (Å²) < 4.78 is 0. The fourth-order valence-electron chi connectivity index (χ4n) is 4.18. The summed E-state index contributed by atoms with van der Waals surface area (Å²) in [7, 11) is 0. The van der Waals surface area contributed by atoms with Crippen molar-refractivity contribution in [2.24, 2.45) is 0 Å². The van der Waals surface area contributed by atoms with Crippen molar-refractivity contribution in [3.8, 4) is 0 Å². The highest BCUT2D eigenvalue weighted by Crippen LogP contribution is 2.38. The zero-order chi connectivity index (χ0) is 22.7. The maximum absolute atomic E-state index is 13.3. The Labute approximate surface area is 175 Å². The molecule has 0 N–H and O–H groups in total. The molecule has 0 aliphatic heterocycles. The number of fused-ring (bicyclic) bond motifs is 1. The summed E-state index contributed by atoms with van der Waals surface area (Å²) in [6.07, 6.45) is 1.04. The summed E-state index contributed by atoms with van der Waals surface area (Å²) in [5, 5.41) is 23.6. The van der Waals surface area contributed by atoms with Gasteiger partial charge in [0.1, 0.15) is 0 Å². The van der Waals surface area contributed by atoms with E-state index in [1.807, 2.05) is 13.8 Å². The van der Waals surface area contributed by atoms with Crippen molar-refractivity contribution in [2.45, 2.75) is 77.3 Å². The van der Waals surface area contributed by atoms with Gasteiger partial charge in [0, 0.05) is 71.7 Å². The largest absolute Gasteiger partial charge is 0.289 e. The van der Waals surface area contributed by atoms with E-state index in [1.165, 1.54) is 26.0 Å². The van der Waals surface area contributed by atoms with E-state index in [1.54, 1.807) is 12.1 Å². The SMILES string of the molecule is CCCC(C)(CC1=C(CC(C)(CCC)[N+](=O)[O-])C(=O)c2ccccc2C1=O)[N+](=O)[O-]. The average Bonchev–Trinajstić information content (AvgIpc) is 2.69. The van der Waals surface area contributed by atoms with Crippen molar-refractivity contribution in [1.82, 2.24) is 0 Å². The van der Waals surface area contributed by atoms with Gasteiger partial charge in [0.05, 0.1) is 0 Å². The molecule has 8 heteroatoms. The fraction of sp³-hybridized carbons (Fsp3) is 0.545. The Hall–Kier alpha value is -2.90. The van der Waals surface area contributed by atoms with Gasteiger partial charge in [0.25, 0.3) is 0 Å². The molecule has 2 rings (SSSR count). The van der Waals surface area contributed by atoms with Gasteiger partial charge in [-0.05, 0) is 12.8 Å². The van der Waals surface area contributed by atoms with E-state index >= 15 is 0 Å². The molecule has 8 nitrogen and oxygen atoms in total. The lowest BCUT2D eigenvalue weighted by atomic mass is 9.74. The van der Waals surface area contributed by atoms with Crippen LogP contribution in [-0.2, 0) is 0 Å². The van der Waals surface area contributed by atoms with Gasteiger partial charge < -0.3 is 0 Å². The lowest BCUT2D eigenvalue weighted by Gasteiger charge is -2.29. The lowest BCUT2D eigenvalue weighted by Crippen LogP contribution is -2.40. The summed E-state index contributed by atoms with van der Waals surface area (Å²) in [4.78, 5) is 49.3. The maximum atomic E-state index is 13.3. The van der Waals surface area contributed by atoms with Crippen LogP contribution in [0, 0.1) is 20.2 Å². The minimum absolute atomic E-state index is 0.0375. The molecule has 0 radical (unpaired) electrons. The van der Waals surface area contributed by atoms with E-state index in [4.69, 9.17) is 0 Å². The number of hydrogen-bond donors (Lipinski definition) is 0. The molecule has 0 saturated carbocycles. The maximum Gasteiger partial charge on any atom is 0.223 e. The smallest absolute Gasteiger partial charge is 0.223 e. The molecule has 0 fully saturated rings. The Bertz CT molecular complexity index is 849. The van der Waals surface area contributed by atoms with Crippen molar-refractivity contribution in [2.75, 3.05) is 0 Å². The number of carbonyl (C=O) groups is 2. The first-order valence-corrected chi connectivity index (χ1v) is 10.2. The van der Waals surface area contributed by atoms with Crippen LogP contribution in [0.2, 0.25) is 0 Å². The van der Waals surface area contributed by atoms with Crippen LogP contribution < -0.4 is 0 Å². The van der Waals surface area contributed by atoms with Crippen LogP contribution >= 0.6 is 0 Å². The second-order valence-electron chi connectivity index (χ2n) is 8.52. The minimum Gasteiger partial charge on any atom is -0.289 e. The molecular formula is C22H28N2O6.